The zero-order chi connectivity index (χ0) is 24.5. The minimum absolute atomic E-state index is 0.0337. The number of aromatic nitrogens is 3. The molecule has 10 nitrogen and oxygen atoms in total. The Balaban J connectivity index is 1.60. The van der Waals surface area contributed by atoms with E-state index >= 15 is 0 Å². The lowest BCUT2D eigenvalue weighted by molar-refractivity contribution is 0.0806. The number of pyridine rings is 1. The van der Waals surface area contributed by atoms with Crippen molar-refractivity contribution >= 4 is 17.6 Å². The number of fused-ring (bicyclic) bond motifs is 1. The summed E-state index contributed by atoms with van der Waals surface area (Å²) in [6, 6.07) is 10.1. The maximum atomic E-state index is 12.9. The fourth-order valence-corrected chi connectivity index (χ4v) is 3.60. The lowest BCUT2D eigenvalue weighted by Gasteiger charge is -2.16. The van der Waals surface area contributed by atoms with Crippen molar-refractivity contribution in [3.63, 3.8) is 0 Å². The number of nitriles is 1. The van der Waals surface area contributed by atoms with Gasteiger partial charge in [0, 0.05) is 43.9 Å². The number of hydrogen-bond acceptors (Lipinski definition) is 7. The van der Waals surface area contributed by atoms with Gasteiger partial charge in [-0.05, 0) is 38.1 Å². The Morgan fingerprint density at radius 3 is 2.76 bits per heavy atom. The molecule has 174 valence electrons. The molecule has 3 heterocycles. The van der Waals surface area contributed by atoms with Gasteiger partial charge >= 0.3 is 0 Å². The van der Waals surface area contributed by atoms with E-state index in [-0.39, 0.29) is 24.1 Å². The molecule has 1 aromatic carbocycles. The number of nitrogens with zero attached hydrogens (tertiary/aromatic N) is 5. The highest BCUT2D eigenvalue weighted by molar-refractivity contribution is 6.04. The standard InChI is InChI=1S/C24H24N6O4/c1-24(2)13-17-19(33-16-5-6-18(26-14-16)23(32)29(3)10-8-25)11-15(12-20(17)34-24)22(31)27-21-7-9-30(4)28-21/h5-7,9,11-12,14H,10,13H2,1-4H3,(H,27,28,31). The van der Waals surface area contributed by atoms with E-state index in [0.29, 0.717) is 35.1 Å². The molecule has 3 aromatic rings. The number of hydrogen-bond donors (Lipinski definition) is 1. The Labute approximate surface area is 196 Å². The van der Waals surface area contributed by atoms with Crippen LogP contribution in [-0.2, 0) is 13.5 Å². The minimum Gasteiger partial charge on any atom is -0.487 e. The van der Waals surface area contributed by atoms with Crippen molar-refractivity contribution in [3.8, 4) is 23.3 Å². The van der Waals surface area contributed by atoms with E-state index < -0.39 is 5.60 Å². The number of aryl methyl sites for hydroxylation is 1. The number of rotatable bonds is 6. The van der Waals surface area contributed by atoms with Gasteiger partial charge in [0.1, 0.15) is 35.1 Å². The minimum atomic E-state index is -0.448. The zero-order valence-corrected chi connectivity index (χ0v) is 19.3. The zero-order valence-electron chi connectivity index (χ0n) is 19.3. The molecule has 10 heteroatoms. The molecule has 1 aliphatic heterocycles. The lowest BCUT2D eigenvalue weighted by atomic mass is 9.99. The molecular weight excluding hydrogens is 436 g/mol. The summed E-state index contributed by atoms with van der Waals surface area (Å²) in [6.07, 6.45) is 3.77. The van der Waals surface area contributed by atoms with E-state index in [1.807, 2.05) is 19.9 Å². The van der Waals surface area contributed by atoms with Crippen LogP contribution in [0.3, 0.4) is 0 Å². The van der Waals surface area contributed by atoms with Crippen LogP contribution in [0.2, 0.25) is 0 Å². The second-order valence-electron chi connectivity index (χ2n) is 8.62. The van der Waals surface area contributed by atoms with Gasteiger partial charge in [-0.15, -0.1) is 0 Å². The molecular formula is C24H24N6O4. The van der Waals surface area contributed by atoms with E-state index in [2.05, 4.69) is 15.4 Å². The van der Waals surface area contributed by atoms with E-state index in [1.54, 1.807) is 42.2 Å². The molecule has 0 saturated carbocycles. The summed E-state index contributed by atoms with van der Waals surface area (Å²) in [5.41, 5.74) is 0.947. The smallest absolute Gasteiger partial charge is 0.273 e. The van der Waals surface area contributed by atoms with Crippen LogP contribution in [0.15, 0.2) is 42.7 Å². The third kappa shape index (κ3) is 4.83. The first-order chi connectivity index (χ1) is 16.1. The Bertz CT molecular complexity index is 1290. The van der Waals surface area contributed by atoms with Crippen molar-refractivity contribution in [1.29, 1.82) is 5.26 Å². The van der Waals surface area contributed by atoms with Crippen LogP contribution in [0.25, 0.3) is 0 Å². The number of amides is 2. The number of ether oxygens (including phenoxy) is 2. The normalized spacial score (nSPS) is 13.4. The molecule has 1 N–H and O–H groups in total. The third-order valence-electron chi connectivity index (χ3n) is 5.21. The fraction of sp³-hybridized carbons (Fsp3) is 0.292. The molecule has 4 rings (SSSR count). The topological polar surface area (TPSA) is 122 Å². The van der Waals surface area contributed by atoms with Crippen LogP contribution in [0.5, 0.6) is 17.2 Å². The number of carbonyl (C=O) groups is 2. The first kappa shape index (κ1) is 22.8. The molecule has 0 saturated heterocycles. The van der Waals surface area contributed by atoms with Crippen molar-refractivity contribution in [2.24, 2.45) is 7.05 Å². The van der Waals surface area contributed by atoms with Gasteiger partial charge in [0.2, 0.25) is 0 Å². The summed E-state index contributed by atoms with van der Waals surface area (Å²) in [4.78, 5) is 30.6. The largest absolute Gasteiger partial charge is 0.487 e. The van der Waals surface area contributed by atoms with Crippen LogP contribution < -0.4 is 14.8 Å². The third-order valence-corrected chi connectivity index (χ3v) is 5.21. The summed E-state index contributed by atoms with van der Waals surface area (Å²) in [5.74, 6) is 1.16. The number of nitrogens with one attached hydrogen (secondary N) is 1. The Hall–Kier alpha value is -4.39. The van der Waals surface area contributed by atoms with E-state index in [9.17, 15) is 9.59 Å². The van der Waals surface area contributed by atoms with Crippen molar-refractivity contribution in [1.82, 2.24) is 19.7 Å². The molecule has 0 aliphatic carbocycles. The molecule has 0 spiro atoms. The highest BCUT2D eigenvalue weighted by Gasteiger charge is 2.34. The molecule has 0 atom stereocenters. The van der Waals surface area contributed by atoms with Gasteiger partial charge in [0.15, 0.2) is 5.82 Å². The van der Waals surface area contributed by atoms with Crippen molar-refractivity contribution in [2.45, 2.75) is 25.9 Å². The maximum Gasteiger partial charge on any atom is 0.273 e. The first-order valence-electron chi connectivity index (χ1n) is 10.6. The molecule has 0 fully saturated rings. The lowest BCUT2D eigenvalue weighted by Crippen LogP contribution is -2.27. The number of carbonyl (C=O) groups excluding carboxylic acids is 2. The fourth-order valence-electron chi connectivity index (χ4n) is 3.60. The summed E-state index contributed by atoms with van der Waals surface area (Å²) in [5, 5.41) is 15.7. The van der Waals surface area contributed by atoms with Gasteiger partial charge in [-0.3, -0.25) is 14.3 Å². The second kappa shape index (κ2) is 8.86. The van der Waals surface area contributed by atoms with Gasteiger partial charge in [-0.2, -0.15) is 10.4 Å². The van der Waals surface area contributed by atoms with Crippen molar-refractivity contribution in [3.05, 3.63) is 59.5 Å². The van der Waals surface area contributed by atoms with Crippen LogP contribution in [0.1, 0.15) is 40.3 Å². The molecule has 2 aromatic heterocycles. The van der Waals surface area contributed by atoms with Gasteiger partial charge < -0.3 is 19.7 Å². The number of anilines is 1. The Morgan fingerprint density at radius 2 is 2.12 bits per heavy atom. The van der Waals surface area contributed by atoms with Crippen LogP contribution in [0.4, 0.5) is 5.82 Å². The second-order valence-corrected chi connectivity index (χ2v) is 8.62. The average Bonchev–Trinajstić information content (AvgIpc) is 3.34. The van der Waals surface area contributed by atoms with E-state index in [0.717, 1.165) is 5.56 Å². The summed E-state index contributed by atoms with van der Waals surface area (Å²) in [6.45, 7) is 3.89. The predicted octanol–water partition coefficient (Wildman–Crippen LogP) is 3.17. The van der Waals surface area contributed by atoms with Crippen LogP contribution >= 0.6 is 0 Å². The van der Waals surface area contributed by atoms with Crippen LogP contribution in [0, 0.1) is 11.3 Å². The van der Waals surface area contributed by atoms with Crippen LogP contribution in [-0.4, -0.2) is 50.7 Å². The first-order valence-corrected chi connectivity index (χ1v) is 10.6. The Kier molecular flexibility index (Phi) is 5.94. The highest BCUT2D eigenvalue weighted by atomic mass is 16.5. The van der Waals surface area contributed by atoms with E-state index in [4.69, 9.17) is 14.7 Å². The monoisotopic (exact) mass is 460 g/mol. The molecule has 34 heavy (non-hydrogen) atoms. The Morgan fingerprint density at radius 1 is 1.32 bits per heavy atom. The van der Waals surface area contributed by atoms with Gasteiger partial charge in [0.25, 0.3) is 11.8 Å². The van der Waals surface area contributed by atoms with Crippen molar-refractivity contribution < 1.29 is 19.1 Å². The number of benzene rings is 1. The predicted molar refractivity (Wildman–Crippen MR) is 123 cm³/mol. The van der Waals surface area contributed by atoms with Crippen molar-refractivity contribution in [2.75, 3.05) is 18.9 Å². The SMILES string of the molecule is CN(CC#N)C(=O)c1ccc(Oc2cc(C(=O)Nc3ccn(C)n3)cc3c2CC(C)(C)O3)cn1. The maximum absolute atomic E-state index is 12.9. The van der Waals surface area contributed by atoms with Gasteiger partial charge in [-0.25, -0.2) is 4.98 Å². The highest BCUT2D eigenvalue weighted by Crippen LogP contribution is 2.43. The average molecular weight is 460 g/mol. The van der Waals surface area contributed by atoms with E-state index in [1.165, 1.54) is 24.2 Å². The quantitative estimate of drug-likeness (QED) is 0.561. The molecule has 0 bridgehead atoms. The summed E-state index contributed by atoms with van der Waals surface area (Å²) < 4.78 is 13.7. The molecule has 2 amide bonds. The molecule has 0 radical (unpaired) electrons. The molecule has 0 unspecified atom stereocenters. The van der Waals surface area contributed by atoms with Gasteiger partial charge in [-0.1, -0.05) is 0 Å². The summed E-state index contributed by atoms with van der Waals surface area (Å²) >= 11 is 0. The van der Waals surface area contributed by atoms with Gasteiger partial charge in [0.05, 0.1) is 12.3 Å². The summed E-state index contributed by atoms with van der Waals surface area (Å²) in [7, 11) is 3.30. The molecule has 1 aliphatic rings.